The lowest BCUT2D eigenvalue weighted by molar-refractivity contribution is 0.327. The van der Waals surface area contributed by atoms with Gasteiger partial charge in [-0.15, -0.1) is 0 Å². The smallest absolute Gasteiger partial charge is 0.0787 e. The summed E-state index contributed by atoms with van der Waals surface area (Å²) in [5, 5.41) is 0. The molecule has 0 aromatic heterocycles. The van der Waals surface area contributed by atoms with E-state index in [1.165, 1.54) is 32.1 Å². The first kappa shape index (κ1) is 7.64. The normalized spacial score (nSPS) is 21.7. The molecule has 0 spiro atoms. The molecule has 1 aliphatic carbocycles. The lowest BCUT2D eigenvalue weighted by Crippen LogP contribution is -2.02. The van der Waals surface area contributed by atoms with Gasteiger partial charge in [-0.25, -0.2) is 0 Å². The van der Waals surface area contributed by atoms with Gasteiger partial charge in [-0.2, -0.15) is 0 Å². The highest BCUT2D eigenvalue weighted by molar-refractivity contribution is 4.84. The van der Waals surface area contributed by atoms with Crippen molar-refractivity contribution in [3.05, 3.63) is 12.3 Å². The highest BCUT2D eigenvalue weighted by atomic mass is 16.5. The molecule has 0 bridgehead atoms. The van der Waals surface area contributed by atoms with Gasteiger partial charge in [0.1, 0.15) is 0 Å². The molecular formula is C9H16O. The van der Waals surface area contributed by atoms with E-state index in [1.54, 1.807) is 7.11 Å². The zero-order valence-electron chi connectivity index (χ0n) is 6.68. The van der Waals surface area contributed by atoms with Gasteiger partial charge in [-0.05, 0) is 24.8 Å². The van der Waals surface area contributed by atoms with Crippen LogP contribution in [0.5, 0.6) is 0 Å². The minimum atomic E-state index is 0.800. The summed E-state index contributed by atoms with van der Waals surface area (Å²) in [6.45, 7) is 0. The lowest BCUT2D eigenvalue weighted by Gasteiger charge is -2.17. The summed E-state index contributed by atoms with van der Waals surface area (Å²) in [5.74, 6) is 0.800. The average molecular weight is 140 g/mol. The first-order valence-electron chi connectivity index (χ1n) is 4.13. The second kappa shape index (κ2) is 4.37. The number of allylic oxidation sites excluding steroid dienone is 1. The van der Waals surface area contributed by atoms with Crippen LogP contribution in [0.15, 0.2) is 12.3 Å². The Bertz CT molecular complexity index is 101. The van der Waals surface area contributed by atoms with Crippen LogP contribution in [0.3, 0.4) is 0 Å². The largest absolute Gasteiger partial charge is 0.505 e. The molecule has 58 valence electrons. The molecule has 0 aromatic carbocycles. The van der Waals surface area contributed by atoms with Gasteiger partial charge in [0.15, 0.2) is 0 Å². The van der Waals surface area contributed by atoms with Gasteiger partial charge in [0.2, 0.25) is 0 Å². The first-order chi connectivity index (χ1) is 4.93. The van der Waals surface area contributed by atoms with Crippen LogP contribution in [0, 0.1) is 5.92 Å². The predicted molar refractivity (Wildman–Crippen MR) is 42.7 cm³/mol. The van der Waals surface area contributed by atoms with Crippen LogP contribution in [0.1, 0.15) is 32.1 Å². The molecule has 1 heteroatoms. The molecule has 0 N–H and O–H groups in total. The van der Waals surface area contributed by atoms with Gasteiger partial charge in [0, 0.05) is 0 Å². The molecule has 0 amide bonds. The molecule has 0 heterocycles. The Morgan fingerprint density at radius 2 is 1.90 bits per heavy atom. The summed E-state index contributed by atoms with van der Waals surface area (Å²) in [4.78, 5) is 0. The molecule has 1 nitrogen and oxygen atoms in total. The number of hydrogen-bond donors (Lipinski definition) is 0. The van der Waals surface area contributed by atoms with Gasteiger partial charge in [-0.3, -0.25) is 0 Å². The van der Waals surface area contributed by atoms with E-state index in [2.05, 4.69) is 6.08 Å². The van der Waals surface area contributed by atoms with E-state index in [1.807, 2.05) is 6.26 Å². The fraction of sp³-hybridized carbons (Fsp3) is 0.778. The summed E-state index contributed by atoms with van der Waals surface area (Å²) < 4.78 is 4.86. The van der Waals surface area contributed by atoms with Crippen LogP contribution in [0.25, 0.3) is 0 Å². The van der Waals surface area contributed by atoms with Gasteiger partial charge in [0.25, 0.3) is 0 Å². The molecule has 1 saturated carbocycles. The van der Waals surface area contributed by atoms with Crippen molar-refractivity contribution >= 4 is 0 Å². The Kier molecular flexibility index (Phi) is 3.34. The molecular weight excluding hydrogens is 124 g/mol. The average Bonchev–Trinajstić information content (AvgIpc) is 2.03. The summed E-state index contributed by atoms with van der Waals surface area (Å²) in [7, 11) is 1.71. The van der Waals surface area contributed by atoms with Crippen molar-refractivity contribution in [3.63, 3.8) is 0 Å². The van der Waals surface area contributed by atoms with Crippen LogP contribution >= 0.6 is 0 Å². The highest BCUT2D eigenvalue weighted by Crippen LogP contribution is 2.24. The molecule has 0 aliphatic heterocycles. The monoisotopic (exact) mass is 140 g/mol. The molecule has 1 fully saturated rings. The van der Waals surface area contributed by atoms with Crippen LogP contribution in [-0.4, -0.2) is 7.11 Å². The minimum absolute atomic E-state index is 0.800. The predicted octanol–water partition coefficient (Wildman–Crippen LogP) is 2.73. The SMILES string of the molecule is CO/C=C\C1CCCCC1. The number of hydrogen-bond acceptors (Lipinski definition) is 1. The quantitative estimate of drug-likeness (QED) is 0.536. The summed E-state index contributed by atoms with van der Waals surface area (Å²) in [5.41, 5.74) is 0. The lowest BCUT2D eigenvalue weighted by atomic mass is 9.89. The van der Waals surface area contributed by atoms with Crippen molar-refractivity contribution < 1.29 is 4.74 Å². The Morgan fingerprint density at radius 1 is 1.20 bits per heavy atom. The summed E-state index contributed by atoms with van der Waals surface area (Å²) in [6, 6.07) is 0. The molecule has 0 aromatic rings. The Morgan fingerprint density at radius 3 is 2.50 bits per heavy atom. The number of methoxy groups -OCH3 is 1. The van der Waals surface area contributed by atoms with Crippen molar-refractivity contribution in [1.82, 2.24) is 0 Å². The van der Waals surface area contributed by atoms with Gasteiger partial charge >= 0.3 is 0 Å². The van der Waals surface area contributed by atoms with E-state index < -0.39 is 0 Å². The second-order valence-corrected chi connectivity index (χ2v) is 2.96. The molecule has 10 heavy (non-hydrogen) atoms. The second-order valence-electron chi connectivity index (χ2n) is 2.96. The highest BCUT2D eigenvalue weighted by Gasteiger charge is 2.09. The third kappa shape index (κ3) is 2.42. The maximum absolute atomic E-state index is 4.86. The van der Waals surface area contributed by atoms with Crippen LogP contribution in [-0.2, 0) is 4.74 Å². The first-order valence-corrected chi connectivity index (χ1v) is 4.13. The molecule has 1 rings (SSSR count). The van der Waals surface area contributed by atoms with E-state index in [4.69, 9.17) is 4.74 Å². The standard InChI is InChI=1S/C9H16O/c1-10-8-7-9-5-3-2-4-6-9/h7-9H,2-6H2,1H3/b8-7-. The van der Waals surface area contributed by atoms with Crippen LogP contribution in [0.2, 0.25) is 0 Å². The molecule has 0 atom stereocenters. The van der Waals surface area contributed by atoms with Crippen molar-refractivity contribution in [3.8, 4) is 0 Å². The zero-order chi connectivity index (χ0) is 7.23. The zero-order valence-corrected chi connectivity index (χ0v) is 6.68. The Balaban J connectivity index is 2.19. The van der Waals surface area contributed by atoms with E-state index in [9.17, 15) is 0 Å². The van der Waals surface area contributed by atoms with Crippen LogP contribution in [0.4, 0.5) is 0 Å². The number of rotatable bonds is 2. The van der Waals surface area contributed by atoms with Gasteiger partial charge in [-0.1, -0.05) is 19.3 Å². The fourth-order valence-corrected chi connectivity index (χ4v) is 1.52. The van der Waals surface area contributed by atoms with Gasteiger partial charge in [0.05, 0.1) is 13.4 Å². The minimum Gasteiger partial charge on any atom is -0.505 e. The van der Waals surface area contributed by atoms with E-state index in [0.717, 1.165) is 5.92 Å². The number of ether oxygens (including phenoxy) is 1. The van der Waals surface area contributed by atoms with E-state index in [-0.39, 0.29) is 0 Å². The third-order valence-corrected chi connectivity index (χ3v) is 2.14. The van der Waals surface area contributed by atoms with Crippen molar-refractivity contribution in [2.75, 3.05) is 7.11 Å². The van der Waals surface area contributed by atoms with Crippen LogP contribution < -0.4 is 0 Å². The maximum Gasteiger partial charge on any atom is 0.0787 e. The topological polar surface area (TPSA) is 9.23 Å². The fourth-order valence-electron chi connectivity index (χ4n) is 1.52. The summed E-state index contributed by atoms with van der Waals surface area (Å²) >= 11 is 0. The Labute approximate surface area is 63.1 Å². The molecule has 0 radical (unpaired) electrons. The van der Waals surface area contributed by atoms with Crippen molar-refractivity contribution in [2.45, 2.75) is 32.1 Å². The van der Waals surface area contributed by atoms with Gasteiger partial charge < -0.3 is 4.74 Å². The molecule has 0 unspecified atom stereocenters. The summed E-state index contributed by atoms with van der Waals surface area (Å²) in [6.07, 6.45) is 11.0. The Hall–Kier alpha value is -0.460. The van der Waals surface area contributed by atoms with E-state index >= 15 is 0 Å². The molecule has 1 aliphatic rings. The molecule has 0 saturated heterocycles. The van der Waals surface area contributed by atoms with Crippen molar-refractivity contribution in [2.24, 2.45) is 5.92 Å². The van der Waals surface area contributed by atoms with E-state index in [0.29, 0.717) is 0 Å². The van der Waals surface area contributed by atoms with Crippen molar-refractivity contribution in [1.29, 1.82) is 0 Å². The maximum atomic E-state index is 4.86. The third-order valence-electron chi connectivity index (χ3n) is 2.14.